The number of carboxylic acids is 2. The monoisotopic (exact) mass is 678 g/mol. The van der Waals surface area contributed by atoms with Gasteiger partial charge in [0, 0.05) is 54.5 Å². The van der Waals surface area contributed by atoms with Gasteiger partial charge in [-0.15, -0.1) is 0 Å². The lowest BCUT2D eigenvalue weighted by atomic mass is 9.89. The van der Waals surface area contributed by atoms with E-state index in [-0.39, 0.29) is 23.4 Å². The van der Waals surface area contributed by atoms with E-state index >= 15 is 0 Å². The second-order valence-corrected chi connectivity index (χ2v) is 11.1. The van der Waals surface area contributed by atoms with Gasteiger partial charge in [-0.2, -0.15) is 0 Å². The summed E-state index contributed by atoms with van der Waals surface area (Å²) in [6.07, 6.45) is 2.56. The Balaban J connectivity index is 0.000000694. The molecule has 1 fully saturated rings. The van der Waals surface area contributed by atoms with Gasteiger partial charge in [0.2, 0.25) is 0 Å². The fourth-order valence-electron chi connectivity index (χ4n) is 5.02. The maximum atomic E-state index is 13.8. The molecule has 0 radical (unpaired) electrons. The van der Waals surface area contributed by atoms with Gasteiger partial charge < -0.3 is 35.4 Å². The van der Waals surface area contributed by atoms with Gasteiger partial charge in [0.25, 0.3) is 5.91 Å². The van der Waals surface area contributed by atoms with Crippen LogP contribution in [0.3, 0.4) is 0 Å². The van der Waals surface area contributed by atoms with Crippen molar-refractivity contribution in [1.29, 1.82) is 0 Å². The van der Waals surface area contributed by atoms with Crippen molar-refractivity contribution in [1.82, 2.24) is 10.2 Å². The highest BCUT2D eigenvalue weighted by Crippen LogP contribution is 2.30. The van der Waals surface area contributed by atoms with E-state index in [1.54, 1.807) is 36.3 Å². The minimum absolute atomic E-state index is 0.0645. The molecule has 11 nitrogen and oxygen atoms in total. The molecule has 13 heteroatoms. The summed E-state index contributed by atoms with van der Waals surface area (Å²) < 4.78 is 18.8. The van der Waals surface area contributed by atoms with E-state index in [1.165, 1.54) is 12.1 Å². The Labute approximate surface area is 284 Å². The molecule has 0 saturated carbocycles. The van der Waals surface area contributed by atoms with Gasteiger partial charge in [-0.1, -0.05) is 12.1 Å². The summed E-state index contributed by atoms with van der Waals surface area (Å²) >= 11 is 5.25. The number of nitrogens with one attached hydrogen (secondary N) is 2. The Morgan fingerprint density at radius 3 is 2.08 bits per heavy atom. The number of ketones is 1. The smallest absolute Gasteiger partial charge is 0.328 e. The maximum absolute atomic E-state index is 13.8. The van der Waals surface area contributed by atoms with E-state index in [4.69, 9.17) is 27.2 Å². The molecule has 0 atom stereocenters. The number of hydrogen-bond acceptors (Lipinski definition) is 7. The van der Waals surface area contributed by atoms with E-state index in [0.29, 0.717) is 52.9 Å². The minimum atomic E-state index is -1.26. The average Bonchev–Trinajstić information content (AvgIpc) is 3.08. The number of rotatable bonds is 12. The van der Waals surface area contributed by atoms with Gasteiger partial charge in [-0.25, -0.2) is 14.0 Å². The van der Waals surface area contributed by atoms with Crippen LogP contribution in [0.1, 0.15) is 40.5 Å². The number of carboxylic acid groups (broad SMARTS) is 2. The Kier molecular flexibility index (Phi) is 14.7. The van der Waals surface area contributed by atoms with Gasteiger partial charge in [-0.05, 0) is 106 Å². The highest BCUT2D eigenvalue weighted by Gasteiger charge is 2.27. The number of likely N-dealkylation sites (tertiary alicyclic amines) is 1. The molecular weight excluding hydrogens is 639 g/mol. The van der Waals surface area contributed by atoms with Gasteiger partial charge in [-0.3, -0.25) is 9.59 Å². The van der Waals surface area contributed by atoms with Crippen LogP contribution in [0.15, 0.2) is 84.9 Å². The van der Waals surface area contributed by atoms with Crippen LogP contribution in [0.2, 0.25) is 0 Å². The maximum Gasteiger partial charge on any atom is 0.328 e. The lowest BCUT2D eigenvalue weighted by Gasteiger charge is -2.33. The summed E-state index contributed by atoms with van der Waals surface area (Å²) in [4.78, 5) is 49.8. The first-order chi connectivity index (χ1) is 23.0. The van der Waals surface area contributed by atoms with Crippen molar-refractivity contribution in [3.8, 4) is 5.75 Å². The van der Waals surface area contributed by atoms with Crippen molar-refractivity contribution >= 4 is 52.3 Å². The lowest BCUT2D eigenvalue weighted by molar-refractivity contribution is -0.134. The quantitative estimate of drug-likeness (QED) is 0.115. The second kappa shape index (κ2) is 18.9. The first-order valence-electron chi connectivity index (χ1n) is 15.3. The van der Waals surface area contributed by atoms with Crippen LogP contribution in [0.25, 0.3) is 0 Å². The largest absolute Gasteiger partial charge is 0.495 e. The van der Waals surface area contributed by atoms with Crippen molar-refractivity contribution in [2.75, 3.05) is 50.1 Å². The Morgan fingerprint density at radius 2 is 1.52 bits per heavy atom. The van der Waals surface area contributed by atoms with Crippen molar-refractivity contribution in [3.05, 3.63) is 102 Å². The molecule has 1 aliphatic rings. The second-order valence-electron chi connectivity index (χ2n) is 10.7. The van der Waals surface area contributed by atoms with Gasteiger partial charge in [0.1, 0.15) is 11.6 Å². The Hall–Kier alpha value is -5.14. The summed E-state index contributed by atoms with van der Waals surface area (Å²) in [5.41, 5.74) is 2.60. The zero-order chi connectivity index (χ0) is 35.1. The Morgan fingerprint density at radius 1 is 0.938 bits per heavy atom. The van der Waals surface area contributed by atoms with Crippen molar-refractivity contribution in [2.24, 2.45) is 5.92 Å². The standard InChI is InChI=1S/C31H35FN4O3S.C4H4O4/c1-3-33-31(40)34-26-14-10-24(11-15-26)30(38)36(27-6-4-5-7-28(27)39-2)21-20-35-18-16-23(17-19-35)29(37)22-8-12-25(32)13-9-22;5-3(6)1-2-4(7)8/h4-15,23H,3,16-21H2,1-2H3,(H2,33,34,40);1-2H,(H,5,6)(H,7,8). The minimum Gasteiger partial charge on any atom is -0.495 e. The highest BCUT2D eigenvalue weighted by molar-refractivity contribution is 7.80. The number of carbonyl (C=O) groups excluding carboxylic acids is 2. The first-order valence-corrected chi connectivity index (χ1v) is 15.7. The van der Waals surface area contributed by atoms with Crippen LogP contribution in [0.5, 0.6) is 5.75 Å². The van der Waals surface area contributed by atoms with Gasteiger partial charge in [0.05, 0.1) is 12.8 Å². The first kappa shape index (κ1) is 37.3. The van der Waals surface area contributed by atoms with Crippen molar-refractivity contribution in [3.63, 3.8) is 0 Å². The summed E-state index contributed by atoms with van der Waals surface area (Å²) in [6.45, 7) is 5.30. The third kappa shape index (κ3) is 11.6. The van der Waals surface area contributed by atoms with E-state index in [0.717, 1.165) is 38.2 Å². The molecule has 3 aromatic rings. The number of benzene rings is 3. The molecular formula is C35H39FN4O7S. The summed E-state index contributed by atoms with van der Waals surface area (Å²) in [7, 11) is 1.60. The van der Waals surface area contributed by atoms with Crippen LogP contribution in [0, 0.1) is 11.7 Å². The number of methoxy groups -OCH3 is 1. The molecule has 48 heavy (non-hydrogen) atoms. The fraction of sp³-hybridized carbons (Fsp3) is 0.286. The van der Waals surface area contributed by atoms with Crippen molar-refractivity contribution in [2.45, 2.75) is 19.8 Å². The van der Waals surface area contributed by atoms with Crippen LogP contribution in [0.4, 0.5) is 15.8 Å². The van der Waals surface area contributed by atoms with Crippen LogP contribution >= 0.6 is 12.2 Å². The third-order valence-electron chi connectivity index (χ3n) is 7.44. The van der Waals surface area contributed by atoms with Crippen LogP contribution in [-0.4, -0.2) is 83.7 Å². The molecule has 0 bridgehead atoms. The van der Waals surface area contributed by atoms with Crippen LogP contribution in [-0.2, 0) is 9.59 Å². The number of piperidine rings is 1. The number of aliphatic carboxylic acids is 2. The molecule has 254 valence electrons. The number of thiocarbonyl (C=S) groups is 1. The molecule has 0 aromatic heterocycles. The predicted molar refractivity (Wildman–Crippen MR) is 185 cm³/mol. The number of hydrogen-bond donors (Lipinski definition) is 4. The number of Topliss-reactive ketones (excluding diaryl/α,β-unsaturated/α-hetero) is 1. The molecule has 1 saturated heterocycles. The van der Waals surface area contributed by atoms with E-state index in [1.807, 2.05) is 43.3 Å². The van der Waals surface area contributed by atoms with E-state index in [2.05, 4.69) is 15.5 Å². The molecule has 1 amide bonds. The number of halogens is 1. The molecule has 4 N–H and O–H groups in total. The summed E-state index contributed by atoms with van der Waals surface area (Å²) in [6, 6.07) is 20.5. The topological polar surface area (TPSA) is 149 Å². The van der Waals surface area contributed by atoms with Gasteiger partial charge >= 0.3 is 11.9 Å². The van der Waals surface area contributed by atoms with E-state index < -0.39 is 11.9 Å². The molecule has 4 rings (SSSR count). The Bertz CT molecular complexity index is 1580. The SMILES string of the molecule is CCNC(=S)Nc1ccc(C(=O)N(CCN2CCC(C(=O)c3ccc(F)cc3)CC2)c2ccccc2OC)cc1.O=C(O)C=CC(=O)O. The number of para-hydroxylation sites is 2. The normalized spacial score (nSPS) is 13.1. The average molecular weight is 679 g/mol. The van der Waals surface area contributed by atoms with E-state index in [9.17, 15) is 23.6 Å². The number of nitrogens with zero attached hydrogens (tertiary/aromatic N) is 2. The molecule has 1 heterocycles. The number of carbonyl (C=O) groups is 4. The number of amides is 1. The number of ether oxygens (including phenoxy) is 1. The summed E-state index contributed by atoms with van der Waals surface area (Å²) in [5.74, 6) is -2.39. The summed E-state index contributed by atoms with van der Waals surface area (Å²) in [5, 5.41) is 22.3. The molecule has 0 unspecified atom stereocenters. The van der Waals surface area contributed by atoms with Gasteiger partial charge in [0.15, 0.2) is 10.9 Å². The molecule has 3 aromatic carbocycles. The van der Waals surface area contributed by atoms with Crippen LogP contribution < -0.4 is 20.3 Å². The highest BCUT2D eigenvalue weighted by atomic mass is 32.1. The third-order valence-corrected chi connectivity index (χ3v) is 7.69. The lowest BCUT2D eigenvalue weighted by Crippen LogP contribution is -2.43. The molecule has 0 aliphatic carbocycles. The zero-order valence-electron chi connectivity index (χ0n) is 26.7. The molecule has 1 aliphatic heterocycles. The number of anilines is 2. The molecule has 0 spiro atoms. The predicted octanol–water partition coefficient (Wildman–Crippen LogP) is 5.09. The fourth-order valence-corrected chi connectivity index (χ4v) is 5.29. The zero-order valence-corrected chi connectivity index (χ0v) is 27.5. The van der Waals surface area contributed by atoms with Crippen molar-refractivity contribution < 1.29 is 38.5 Å².